The Hall–Kier alpha value is -3.78. The molecule has 38 heavy (non-hydrogen) atoms. The molecule has 2 fully saturated rings. The fourth-order valence-corrected chi connectivity index (χ4v) is 5.56. The third-order valence-electron chi connectivity index (χ3n) is 6.82. The number of carbonyl (C=O) groups excluding carboxylic acids is 3. The van der Waals surface area contributed by atoms with E-state index in [1.165, 1.54) is 5.39 Å². The molecule has 8 heteroatoms. The van der Waals surface area contributed by atoms with Crippen molar-refractivity contribution in [2.45, 2.75) is 32.3 Å². The number of benzene rings is 3. The van der Waals surface area contributed by atoms with Crippen molar-refractivity contribution in [3.63, 3.8) is 0 Å². The number of fused-ring (bicyclic) bond motifs is 1. The molecule has 0 unspecified atom stereocenters. The zero-order valence-electron chi connectivity index (χ0n) is 21.4. The molecule has 0 spiro atoms. The second kappa shape index (κ2) is 11.7. The van der Waals surface area contributed by atoms with Gasteiger partial charge in [-0.1, -0.05) is 55.3 Å². The number of hydrogen-bond donors (Lipinski definition) is 0. The molecule has 3 aromatic rings. The molecule has 0 N–H and O–H groups in total. The normalized spacial score (nSPS) is 17.2. The number of nitrogens with zero attached hydrogens (tertiary/aromatic N) is 2. The van der Waals surface area contributed by atoms with Crippen LogP contribution in [0.25, 0.3) is 16.8 Å². The van der Waals surface area contributed by atoms with Crippen molar-refractivity contribution < 1.29 is 23.9 Å². The molecule has 0 saturated carbocycles. The summed E-state index contributed by atoms with van der Waals surface area (Å²) in [5.41, 5.74) is 1.74. The van der Waals surface area contributed by atoms with Crippen molar-refractivity contribution in [3.8, 4) is 11.5 Å². The molecule has 2 aliphatic rings. The number of imide groups is 1. The number of likely N-dealkylation sites (tertiary alicyclic amines) is 1. The third-order valence-corrected chi connectivity index (χ3v) is 7.73. The number of thioether (sulfide) groups is 1. The van der Waals surface area contributed by atoms with Crippen LogP contribution < -0.4 is 9.47 Å². The van der Waals surface area contributed by atoms with Crippen LogP contribution >= 0.6 is 11.8 Å². The number of rotatable bonds is 7. The van der Waals surface area contributed by atoms with E-state index >= 15 is 0 Å². The van der Waals surface area contributed by atoms with E-state index in [1.54, 1.807) is 30.2 Å². The van der Waals surface area contributed by atoms with Crippen LogP contribution in [-0.4, -0.2) is 53.6 Å². The van der Waals surface area contributed by atoms with Gasteiger partial charge in [-0.25, -0.2) is 0 Å². The molecule has 7 nitrogen and oxygen atoms in total. The topological polar surface area (TPSA) is 76.2 Å². The fourth-order valence-electron chi connectivity index (χ4n) is 4.73. The largest absolute Gasteiger partial charge is 0.493 e. The Labute approximate surface area is 226 Å². The summed E-state index contributed by atoms with van der Waals surface area (Å²) < 4.78 is 11.6. The van der Waals surface area contributed by atoms with Gasteiger partial charge in [0.05, 0.1) is 12.0 Å². The Balaban J connectivity index is 1.25. The van der Waals surface area contributed by atoms with E-state index < -0.39 is 11.1 Å². The van der Waals surface area contributed by atoms with Gasteiger partial charge in [-0.05, 0) is 70.8 Å². The molecule has 0 aromatic heterocycles. The Morgan fingerprint density at radius 2 is 1.68 bits per heavy atom. The SMILES string of the molecule is COc1cc(C=C2SC(=O)N(CC(=O)N3CCCCCC3)C2=O)ccc1OCc1ccc2ccccc2c1. The minimum atomic E-state index is -0.446. The first-order valence-electron chi connectivity index (χ1n) is 12.8. The first-order chi connectivity index (χ1) is 18.5. The monoisotopic (exact) mass is 530 g/mol. The van der Waals surface area contributed by atoms with Crippen LogP contribution in [-0.2, 0) is 16.2 Å². The zero-order chi connectivity index (χ0) is 26.5. The fraction of sp³-hybridized carbons (Fsp3) is 0.300. The number of ether oxygens (including phenoxy) is 2. The predicted octanol–water partition coefficient (Wildman–Crippen LogP) is 5.87. The summed E-state index contributed by atoms with van der Waals surface area (Å²) in [4.78, 5) is 41.4. The van der Waals surface area contributed by atoms with E-state index in [0.29, 0.717) is 36.8 Å². The maximum atomic E-state index is 13.0. The smallest absolute Gasteiger partial charge is 0.294 e. The minimum Gasteiger partial charge on any atom is -0.493 e. The summed E-state index contributed by atoms with van der Waals surface area (Å²) >= 11 is 0.851. The second-order valence-electron chi connectivity index (χ2n) is 9.44. The molecule has 0 aliphatic carbocycles. The maximum absolute atomic E-state index is 13.0. The molecule has 0 atom stereocenters. The molecule has 196 valence electrons. The quantitative estimate of drug-likeness (QED) is 0.356. The standard InChI is InChI=1S/C30H30N2O5S/c1-36-26-17-21(11-13-25(26)37-20-22-10-12-23-8-4-5-9-24(23)16-22)18-27-29(34)32(30(35)38-27)19-28(33)31-14-6-2-3-7-15-31/h4-5,8-13,16-18H,2-3,6-7,14-15,19-20H2,1H3. The Bertz CT molecular complexity index is 1390. The van der Waals surface area contributed by atoms with Gasteiger partial charge in [0, 0.05) is 13.1 Å². The lowest BCUT2D eigenvalue weighted by molar-refractivity contribution is -0.135. The van der Waals surface area contributed by atoms with Gasteiger partial charge in [0.15, 0.2) is 11.5 Å². The van der Waals surface area contributed by atoms with Crippen molar-refractivity contribution >= 4 is 45.7 Å². The van der Waals surface area contributed by atoms with Gasteiger partial charge in [0.2, 0.25) is 5.91 Å². The Morgan fingerprint density at radius 3 is 2.45 bits per heavy atom. The molecular weight excluding hydrogens is 500 g/mol. The van der Waals surface area contributed by atoms with Gasteiger partial charge in [-0.15, -0.1) is 0 Å². The lowest BCUT2D eigenvalue weighted by Crippen LogP contribution is -2.42. The van der Waals surface area contributed by atoms with E-state index in [-0.39, 0.29) is 17.4 Å². The van der Waals surface area contributed by atoms with Crippen molar-refractivity contribution in [2.24, 2.45) is 0 Å². The van der Waals surface area contributed by atoms with Gasteiger partial charge in [0.25, 0.3) is 11.1 Å². The number of amides is 3. The molecule has 2 saturated heterocycles. The zero-order valence-corrected chi connectivity index (χ0v) is 22.2. The van der Waals surface area contributed by atoms with Gasteiger partial charge < -0.3 is 14.4 Å². The molecular formula is C30H30N2O5S. The van der Waals surface area contributed by atoms with Crippen molar-refractivity contribution in [1.82, 2.24) is 9.80 Å². The predicted molar refractivity (Wildman–Crippen MR) is 149 cm³/mol. The van der Waals surface area contributed by atoms with Crippen LogP contribution in [0.15, 0.2) is 65.6 Å². The first kappa shape index (κ1) is 25.9. The third kappa shape index (κ3) is 5.86. The average Bonchev–Trinajstić information content (AvgIpc) is 3.12. The summed E-state index contributed by atoms with van der Waals surface area (Å²) in [6.45, 7) is 1.53. The Morgan fingerprint density at radius 1 is 0.921 bits per heavy atom. The van der Waals surface area contributed by atoms with Crippen molar-refractivity contribution in [2.75, 3.05) is 26.7 Å². The highest BCUT2D eigenvalue weighted by Gasteiger charge is 2.37. The van der Waals surface area contributed by atoms with E-state index in [2.05, 4.69) is 24.3 Å². The average molecular weight is 531 g/mol. The second-order valence-corrected chi connectivity index (χ2v) is 10.4. The van der Waals surface area contributed by atoms with E-state index in [4.69, 9.17) is 9.47 Å². The molecule has 2 aliphatic heterocycles. The van der Waals surface area contributed by atoms with Gasteiger partial charge in [-0.3, -0.25) is 19.3 Å². The molecule has 0 bridgehead atoms. The molecule has 3 aromatic carbocycles. The van der Waals surface area contributed by atoms with Crippen LogP contribution in [0.1, 0.15) is 36.8 Å². The summed E-state index contributed by atoms with van der Waals surface area (Å²) in [6.07, 6.45) is 5.77. The van der Waals surface area contributed by atoms with Crippen molar-refractivity contribution in [3.05, 3.63) is 76.7 Å². The number of methoxy groups -OCH3 is 1. The molecule has 5 rings (SSSR count). The van der Waals surface area contributed by atoms with E-state index in [1.807, 2.05) is 24.3 Å². The highest BCUT2D eigenvalue weighted by atomic mass is 32.2. The van der Waals surface area contributed by atoms with Crippen LogP contribution in [0, 0.1) is 0 Å². The summed E-state index contributed by atoms with van der Waals surface area (Å²) in [5.74, 6) is 0.480. The number of hydrogen-bond acceptors (Lipinski definition) is 6. The van der Waals surface area contributed by atoms with Crippen LogP contribution in [0.2, 0.25) is 0 Å². The molecule has 2 heterocycles. The van der Waals surface area contributed by atoms with Crippen molar-refractivity contribution in [1.29, 1.82) is 0 Å². The van der Waals surface area contributed by atoms with Crippen LogP contribution in [0.4, 0.5) is 4.79 Å². The number of carbonyl (C=O) groups is 3. The van der Waals surface area contributed by atoms with Gasteiger partial charge >= 0.3 is 0 Å². The van der Waals surface area contributed by atoms with Gasteiger partial charge in [-0.2, -0.15) is 0 Å². The summed E-state index contributed by atoms with van der Waals surface area (Å²) in [6, 6.07) is 19.8. The Kier molecular flexibility index (Phi) is 7.98. The molecule has 0 radical (unpaired) electrons. The lowest BCUT2D eigenvalue weighted by Gasteiger charge is -2.22. The summed E-state index contributed by atoms with van der Waals surface area (Å²) in [5, 5.41) is 1.90. The maximum Gasteiger partial charge on any atom is 0.294 e. The minimum absolute atomic E-state index is 0.176. The molecule has 3 amide bonds. The highest BCUT2D eigenvalue weighted by Crippen LogP contribution is 2.35. The highest BCUT2D eigenvalue weighted by molar-refractivity contribution is 8.18. The van der Waals surface area contributed by atoms with Gasteiger partial charge in [0.1, 0.15) is 13.2 Å². The summed E-state index contributed by atoms with van der Waals surface area (Å²) in [7, 11) is 1.56. The van der Waals surface area contributed by atoms with E-state index in [0.717, 1.165) is 53.3 Å². The first-order valence-corrected chi connectivity index (χ1v) is 13.6. The van der Waals surface area contributed by atoms with Crippen LogP contribution in [0.5, 0.6) is 11.5 Å². The van der Waals surface area contributed by atoms with E-state index in [9.17, 15) is 14.4 Å². The van der Waals surface area contributed by atoms with Crippen LogP contribution in [0.3, 0.4) is 0 Å². The lowest BCUT2D eigenvalue weighted by atomic mass is 10.1.